The van der Waals surface area contributed by atoms with Crippen LogP contribution in [0.1, 0.15) is 24.0 Å². The van der Waals surface area contributed by atoms with Crippen LogP contribution in [0.2, 0.25) is 0 Å². The van der Waals surface area contributed by atoms with Gasteiger partial charge in [0.2, 0.25) is 0 Å². The highest BCUT2D eigenvalue weighted by atomic mass is 16.3. The first-order chi connectivity index (χ1) is 10.6. The standard InChI is InChI=1S/C16H21N5O/c1-12-6-16(20-10-14(12)8-18)19-9-13(7-17)11-21-4-2-15(22)3-5-21/h6-7,9-10,15,22H,2-5,11,17H2,1H3. The SMILES string of the molecule is Cc1cc(N=CC(=CN)CN2CCC(O)CC2)ncc1C#N. The van der Waals surface area contributed by atoms with Crippen molar-refractivity contribution in [2.75, 3.05) is 19.6 Å². The van der Waals surface area contributed by atoms with E-state index in [4.69, 9.17) is 11.0 Å². The lowest BCUT2D eigenvalue weighted by atomic mass is 10.1. The van der Waals surface area contributed by atoms with Crippen molar-refractivity contribution in [1.82, 2.24) is 9.88 Å². The number of aliphatic hydroxyl groups excluding tert-OH is 1. The van der Waals surface area contributed by atoms with E-state index in [0.717, 1.165) is 37.1 Å². The van der Waals surface area contributed by atoms with Gasteiger partial charge in [0.15, 0.2) is 5.82 Å². The molecule has 1 aromatic rings. The van der Waals surface area contributed by atoms with Gasteiger partial charge in [-0.1, -0.05) is 0 Å². The lowest BCUT2D eigenvalue weighted by Crippen LogP contribution is -2.37. The summed E-state index contributed by atoms with van der Waals surface area (Å²) >= 11 is 0. The van der Waals surface area contributed by atoms with Crippen LogP contribution in [0.5, 0.6) is 0 Å². The molecule has 1 aromatic heterocycles. The van der Waals surface area contributed by atoms with Crippen LogP contribution >= 0.6 is 0 Å². The van der Waals surface area contributed by atoms with E-state index in [-0.39, 0.29) is 6.10 Å². The number of aliphatic imine (C=N–C) groups is 1. The average Bonchev–Trinajstić information content (AvgIpc) is 2.53. The smallest absolute Gasteiger partial charge is 0.152 e. The summed E-state index contributed by atoms with van der Waals surface area (Å²) in [7, 11) is 0. The molecule has 116 valence electrons. The highest BCUT2D eigenvalue weighted by Crippen LogP contribution is 2.14. The molecule has 2 heterocycles. The molecule has 1 fully saturated rings. The molecule has 2 rings (SSSR count). The summed E-state index contributed by atoms with van der Waals surface area (Å²) in [4.78, 5) is 10.7. The molecule has 6 heteroatoms. The summed E-state index contributed by atoms with van der Waals surface area (Å²) in [6.45, 7) is 4.29. The molecule has 3 N–H and O–H groups in total. The zero-order chi connectivity index (χ0) is 15.9. The van der Waals surface area contributed by atoms with Gasteiger partial charge in [0.1, 0.15) is 6.07 Å². The molecular formula is C16H21N5O. The summed E-state index contributed by atoms with van der Waals surface area (Å²) in [6.07, 6.45) is 6.20. The molecule has 0 bridgehead atoms. The Bertz CT molecular complexity index is 609. The van der Waals surface area contributed by atoms with E-state index < -0.39 is 0 Å². The molecule has 0 unspecified atom stereocenters. The van der Waals surface area contributed by atoms with E-state index >= 15 is 0 Å². The number of pyridine rings is 1. The average molecular weight is 299 g/mol. The number of aromatic nitrogens is 1. The Hall–Kier alpha value is -2.23. The summed E-state index contributed by atoms with van der Waals surface area (Å²) in [6, 6.07) is 3.86. The minimum absolute atomic E-state index is 0.180. The van der Waals surface area contributed by atoms with Crippen molar-refractivity contribution in [2.45, 2.75) is 25.9 Å². The normalized spacial score (nSPS) is 17.8. The maximum absolute atomic E-state index is 9.52. The minimum Gasteiger partial charge on any atom is -0.404 e. The molecule has 1 saturated heterocycles. The van der Waals surface area contributed by atoms with Gasteiger partial charge in [-0.15, -0.1) is 0 Å². The van der Waals surface area contributed by atoms with E-state index in [2.05, 4.69) is 20.9 Å². The number of hydrogen-bond donors (Lipinski definition) is 2. The van der Waals surface area contributed by atoms with Gasteiger partial charge in [-0.2, -0.15) is 5.26 Å². The minimum atomic E-state index is -0.180. The van der Waals surface area contributed by atoms with Crippen LogP contribution in [0.3, 0.4) is 0 Å². The second-order valence-electron chi connectivity index (χ2n) is 5.48. The van der Waals surface area contributed by atoms with Crippen molar-refractivity contribution in [3.8, 4) is 6.07 Å². The van der Waals surface area contributed by atoms with E-state index in [9.17, 15) is 5.11 Å². The highest BCUT2D eigenvalue weighted by molar-refractivity contribution is 5.81. The van der Waals surface area contributed by atoms with Gasteiger partial charge < -0.3 is 10.8 Å². The molecule has 1 aliphatic heterocycles. The number of likely N-dealkylation sites (tertiary alicyclic amines) is 1. The first-order valence-corrected chi connectivity index (χ1v) is 7.34. The second-order valence-corrected chi connectivity index (χ2v) is 5.48. The number of nitrogens with zero attached hydrogens (tertiary/aromatic N) is 4. The molecule has 0 aliphatic carbocycles. The molecule has 0 amide bonds. The third kappa shape index (κ3) is 4.38. The zero-order valence-corrected chi connectivity index (χ0v) is 12.7. The van der Waals surface area contributed by atoms with Crippen LogP contribution in [0.4, 0.5) is 5.82 Å². The Morgan fingerprint density at radius 1 is 1.59 bits per heavy atom. The topological polar surface area (TPSA) is 98.5 Å². The van der Waals surface area contributed by atoms with Gasteiger partial charge in [0.25, 0.3) is 0 Å². The third-order valence-electron chi connectivity index (χ3n) is 3.76. The molecule has 0 aromatic carbocycles. The Balaban J connectivity index is 1.98. The second kappa shape index (κ2) is 7.69. The molecule has 6 nitrogen and oxygen atoms in total. The summed E-state index contributed by atoms with van der Waals surface area (Å²) < 4.78 is 0. The number of aryl methyl sites for hydroxylation is 1. The number of piperidine rings is 1. The van der Waals surface area contributed by atoms with E-state index in [1.54, 1.807) is 18.5 Å². The van der Waals surface area contributed by atoms with Crippen molar-refractivity contribution in [2.24, 2.45) is 10.7 Å². The van der Waals surface area contributed by atoms with Crippen LogP contribution < -0.4 is 5.73 Å². The molecule has 0 atom stereocenters. The Kier molecular flexibility index (Phi) is 5.64. The zero-order valence-electron chi connectivity index (χ0n) is 12.7. The lowest BCUT2D eigenvalue weighted by Gasteiger charge is -2.29. The number of hydrogen-bond acceptors (Lipinski definition) is 6. The van der Waals surface area contributed by atoms with E-state index in [0.29, 0.717) is 17.9 Å². The van der Waals surface area contributed by atoms with Crippen molar-refractivity contribution in [3.63, 3.8) is 0 Å². The fourth-order valence-corrected chi connectivity index (χ4v) is 2.35. The fraction of sp³-hybridized carbons (Fsp3) is 0.438. The third-order valence-corrected chi connectivity index (χ3v) is 3.76. The molecule has 22 heavy (non-hydrogen) atoms. The largest absolute Gasteiger partial charge is 0.404 e. The van der Waals surface area contributed by atoms with Gasteiger partial charge in [-0.3, -0.25) is 4.90 Å². The summed E-state index contributed by atoms with van der Waals surface area (Å²) in [5.41, 5.74) is 7.98. The first-order valence-electron chi connectivity index (χ1n) is 7.34. The summed E-state index contributed by atoms with van der Waals surface area (Å²) in [5, 5.41) is 18.4. The monoisotopic (exact) mass is 299 g/mol. The van der Waals surface area contributed by atoms with Gasteiger partial charge in [-0.05, 0) is 43.2 Å². The lowest BCUT2D eigenvalue weighted by molar-refractivity contribution is 0.0875. The van der Waals surface area contributed by atoms with Gasteiger partial charge >= 0.3 is 0 Å². The van der Waals surface area contributed by atoms with Crippen molar-refractivity contribution < 1.29 is 5.11 Å². The highest BCUT2D eigenvalue weighted by Gasteiger charge is 2.17. The molecular weight excluding hydrogens is 278 g/mol. The Labute approximate surface area is 130 Å². The molecule has 1 aliphatic rings. The van der Waals surface area contributed by atoms with Crippen LogP contribution in [0.15, 0.2) is 29.0 Å². The van der Waals surface area contributed by atoms with Crippen molar-refractivity contribution in [3.05, 3.63) is 35.2 Å². The number of nitriles is 1. The number of aliphatic hydroxyl groups is 1. The Morgan fingerprint density at radius 2 is 2.32 bits per heavy atom. The Morgan fingerprint density at radius 3 is 2.91 bits per heavy atom. The first kappa shape index (κ1) is 16.1. The summed E-state index contributed by atoms with van der Waals surface area (Å²) in [5.74, 6) is 0.560. The number of rotatable bonds is 4. The molecule has 0 radical (unpaired) electrons. The molecule has 0 saturated carbocycles. The van der Waals surface area contributed by atoms with Crippen LogP contribution in [0.25, 0.3) is 0 Å². The van der Waals surface area contributed by atoms with Crippen LogP contribution in [-0.2, 0) is 0 Å². The quantitative estimate of drug-likeness (QED) is 0.816. The maximum atomic E-state index is 9.52. The van der Waals surface area contributed by atoms with Gasteiger partial charge in [-0.25, -0.2) is 9.98 Å². The van der Waals surface area contributed by atoms with Gasteiger partial charge in [0, 0.05) is 32.0 Å². The van der Waals surface area contributed by atoms with Crippen molar-refractivity contribution >= 4 is 12.0 Å². The van der Waals surface area contributed by atoms with Crippen LogP contribution in [0, 0.1) is 18.3 Å². The van der Waals surface area contributed by atoms with Crippen molar-refractivity contribution in [1.29, 1.82) is 5.26 Å². The number of nitrogens with two attached hydrogens (primary N) is 1. The fourth-order valence-electron chi connectivity index (χ4n) is 2.35. The van der Waals surface area contributed by atoms with E-state index in [1.807, 2.05) is 6.92 Å². The van der Waals surface area contributed by atoms with Gasteiger partial charge in [0.05, 0.1) is 11.7 Å². The predicted molar refractivity (Wildman–Crippen MR) is 85.8 cm³/mol. The predicted octanol–water partition coefficient (Wildman–Crippen LogP) is 1.26. The molecule has 0 spiro atoms. The van der Waals surface area contributed by atoms with E-state index in [1.165, 1.54) is 6.20 Å². The maximum Gasteiger partial charge on any atom is 0.152 e. The van der Waals surface area contributed by atoms with Crippen LogP contribution in [-0.4, -0.2) is 46.9 Å².